The van der Waals surface area contributed by atoms with E-state index in [0.29, 0.717) is 17.9 Å². The molecule has 0 aliphatic carbocycles. The summed E-state index contributed by atoms with van der Waals surface area (Å²) in [6.45, 7) is 0.545. The molecule has 0 unspecified atom stereocenters. The maximum absolute atomic E-state index is 11.2. The highest BCUT2D eigenvalue weighted by atomic mass is 16.2. The molecule has 5 nitrogen and oxygen atoms in total. The molecule has 2 rings (SSSR count). The third kappa shape index (κ3) is 0.772. The Hall–Kier alpha value is -1.52. The predicted molar refractivity (Wildman–Crippen MR) is 35.6 cm³/mol. The molecule has 0 N–H and O–H groups in total. The van der Waals surface area contributed by atoms with E-state index < -0.39 is 0 Å². The second-order valence-corrected chi connectivity index (χ2v) is 2.42. The number of hydrogen-bond acceptors (Lipinski definition) is 4. The number of carbonyl (C=O) groups excluding carboxylic acids is 1. The monoisotopic (exact) mass is 150 g/mol. The van der Waals surface area contributed by atoms with E-state index in [1.54, 1.807) is 11.9 Å². The Balaban J connectivity index is 2.55. The molecular formula is C6H6N4O. The molecule has 0 fully saturated rings. The highest BCUT2D eigenvalue weighted by molar-refractivity contribution is 5.95. The van der Waals surface area contributed by atoms with Crippen LogP contribution in [0.2, 0.25) is 0 Å². The first-order valence-corrected chi connectivity index (χ1v) is 3.21. The summed E-state index contributed by atoms with van der Waals surface area (Å²) in [5, 5.41) is 7.22. The van der Waals surface area contributed by atoms with Crippen LogP contribution < -0.4 is 0 Å². The molecule has 1 amide bonds. The quantitative estimate of drug-likeness (QED) is 0.498. The lowest BCUT2D eigenvalue weighted by Crippen LogP contribution is -2.18. The van der Waals surface area contributed by atoms with Crippen LogP contribution in [0.1, 0.15) is 16.2 Å². The summed E-state index contributed by atoms with van der Waals surface area (Å²) in [6, 6.07) is 0. The number of rotatable bonds is 0. The average molecular weight is 150 g/mol. The first-order valence-electron chi connectivity index (χ1n) is 3.21. The third-order valence-electron chi connectivity index (χ3n) is 1.63. The van der Waals surface area contributed by atoms with Gasteiger partial charge in [-0.2, -0.15) is 0 Å². The fourth-order valence-electron chi connectivity index (χ4n) is 1.06. The van der Waals surface area contributed by atoms with Crippen molar-refractivity contribution in [3.8, 4) is 0 Å². The van der Waals surface area contributed by atoms with Crippen LogP contribution >= 0.6 is 0 Å². The molecule has 56 valence electrons. The van der Waals surface area contributed by atoms with Crippen molar-refractivity contribution in [2.45, 2.75) is 6.54 Å². The van der Waals surface area contributed by atoms with Crippen LogP contribution in [0.5, 0.6) is 0 Å². The Kier molecular flexibility index (Phi) is 1.12. The molecule has 0 spiro atoms. The van der Waals surface area contributed by atoms with Gasteiger partial charge in [-0.25, -0.2) is 4.98 Å². The first kappa shape index (κ1) is 6.21. The van der Waals surface area contributed by atoms with Crippen LogP contribution in [-0.2, 0) is 6.54 Å². The Morgan fingerprint density at radius 3 is 3.18 bits per heavy atom. The van der Waals surface area contributed by atoms with Gasteiger partial charge in [0.25, 0.3) is 5.91 Å². The number of fused-ring (bicyclic) bond motifs is 1. The zero-order valence-electron chi connectivity index (χ0n) is 5.98. The SMILES string of the molecule is CN1Cc2ncnnc2C1=O. The van der Waals surface area contributed by atoms with E-state index in [1.165, 1.54) is 6.33 Å². The lowest BCUT2D eigenvalue weighted by molar-refractivity contribution is 0.0811. The summed E-state index contributed by atoms with van der Waals surface area (Å²) in [4.78, 5) is 16.7. The molecule has 0 saturated carbocycles. The number of carbonyl (C=O) groups is 1. The number of amides is 1. The zero-order chi connectivity index (χ0) is 7.84. The van der Waals surface area contributed by atoms with E-state index >= 15 is 0 Å². The summed E-state index contributed by atoms with van der Waals surface area (Å²) < 4.78 is 0. The van der Waals surface area contributed by atoms with Gasteiger partial charge in [-0.1, -0.05) is 0 Å². The molecule has 0 bridgehead atoms. The van der Waals surface area contributed by atoms with Gasteiger partial charge >= 0.3 is 0 Å². The van der Waals surface area contributed by atoms with Gasteiger partial charge in [0.1, 0.15) is 6.33 Å². The molecule has 2 heterocycles. The normalized spacial score (nSPS) is 15.4. The largest absolute Gasteiger partial charge is 0.334 e. The van der Waals surface area contributed by atoms with Crippen molar-refractivity contribution < 1.29 is 4.79 Å². The Morgan fingerprint density at radius 2 is 2.45 bits per heavy atom. The third-order valence-corrected chi connectivity index (χ3v) is 1.63. The smallest absolute Gasteiger partial charge is 0.276 e. The molecule has 11 heavy (non-hydrogen) atoms. The van der Waals surface area contributed by atoms with Crippen molar-refractivity contribution in [3.05, 3.63) is 17.7 Å². The van der Waals surface area contributed by atoms with E-state index in [4.69, 9.17) is 0 Å². The van der Waals surface area contributed by atoms with Crippen molar-refractivity contribution in [1.82, 2.24) is 20.1 Å². The molecule has 0 saturated heterocycles. The predicted octanol–water partition coefficient (Wildman–Crippen LogP) is -0.543. The maximum atomic E-state index is 11.2. The van der Waals surface area contributed by atoms with Crippen LogP contribution in [0.15, 0.2) is 6.33 Å². The highest BCUT2D eigenvalue weighted by Gasteiger charge is 2.26. The summed E-state index contributed by atoms with van der Waals surface area (Å²) in [7, 11) is 1.71. The fourth-order valence-corrected chi connectivity index (χ4v) is 1.06. The topological polar surface area (TPSA) is 59.0 Å². The Labute approximate surface area is 63.1 Å². The average Bonchev–Trinajstić information content (AvgIpc) is 2.30. The van der Waals surface area contributed by atoms with E-state index in [-0.39, 0.29) is 5.91 Å². The minimum atomic E-state index is -0.0967. The molecule has 0 atom stereocenters. The molecule has 1 aromatic heterocycles. The Morgan fingerprint density at radius 1 is 1.64 bits per heavy atom. The van der Waals surface area contributed by atoms with Gasteiger partial charge in [0.05, 0.1) is 12.2 Å². The van der Waals surface area contributed by atoms with E-state index in [9.17, 15) is 4.79 Å². The highest BCUT2D eigenvalue weighted by Crippen LogP contribution is 2.14. The van der Waals surface area contributed by atoms with Crippen molar-refractivity contribution in [1.29, 1.82) is 0 Å². The summed E-state index contributed by atoms with van der Waals surface area (Å²) in [5.41, 5.74) is 1.10. The molecule has 5 heteroatoms. The van der Waals surface area contributed by atoms with Crippen LogP contribution in [0.3, 0.4) is 0 Å². The second kappa shape index (κ2) is 1.98. The van der Waals surface area contributed by atoms with Crippen LogP contribution in [0, 0.1) is 0 Å². The van der Waals surface area contributed by atoms with Crippen molar-refractivity contribution in [3.63, 3.8) is 0 Å². The van der Waals surface area contributed by atoms with Crippen molar-refractivity contribution >= 4 is 5.91 Å². The van der Waals surface area contributed by atoms with Crippen molar-refractivity contribution in [2.24, 2.45) is 0 Å². The fraction of sp³-hybridized carbons (Fsp3) is 0.333. The lowest BCUT2D eigenvalue weighted by atomic mass is 10.4. The minimum Gasteiger partial charge on any atom is -0.334 e. The summed E-state index contributed by atoms with van der Waals surface area (Å²) >= 11 is 0. The molecule has 1 aliphatic rings. The van der Waals surface area contributed by atoms with Crippen molar-refractivity contribution in [2.75, 3.05) is 7.05 Å². The van der Waals surface area contributed by atoms with E-state index in [1.807, 2.05) is 0 Å². The van der Waals surface area contributed by atoms with Gasteiger partial charge in [0.2, 0.25) is 0 Å². The zero-order valence-corrected chi connectivity index (χ0v) is 5.98. The molecule has 1 aliphatic heterocycles. The van der Waals surface area contributed by atoms with Gasteiger partial charge < -0.3 is 4.90 Å². The van der Waals surface area contributed by atoms with E-state index in [0.717, 1.165) is 0 Å². The van der Waals surface area contributed by atoms with E-state index in [2.05, 4.69) is 15.2 Å². The lowest BCUT2D eigenvalue weighted by Gasteiger charge is -2.03. The molecule has 0 aromatic carbocycles. The summed E-state index contributed by atoms with van der Waals surface area (Å²) in [6.07, 6.45) is 1.35. The minimum absolute atomic E-state index is 0.0967. The first-order chi connectivity index (χ1) is 5.29. The number of hydrogen-bond donors (Lipinski definition) is 0. The Bertz CT molecular complexity index is 311. The second-order valence-electron chi connectivity index (χ2n) is 2.42. The van der Waals surface area contributed by atoms with Gasteiger partial charge in [-0.15, -0.1) is 10.2 Å². The van der Waals surface area contributed by atoms with Crippen LogP contribution in [-0.4, -0.2) is 33.0 Å². The van der Waals surface area contributed by atoms with Gasteiger partial charge in [-0.05, 0) is 0 Å². The number of aromatic nitrogens is 3. The van der Waals surface area contributed by atoms with Gasteiger partial charge in [0, 0.05) is 7.05 Å². The molecule has 0 radical (unpaired) electrons. The van der Waals surface area contributed by atoms with Gasteiger partial charge in [0.15, 0.2) is 5.69 Å². The maximum Gasteiger partial charge on any atom is 0.276 e. The standard InChI is InChI=1S/C6H6N4O/c1-10-2-4-5(6(10)11)9-8-3-7-4/h3H,2H2,1H3. The van der Waals surface area contributed by atoms with Gasteiger partial charge in [-0.3, -0.25) is 4.79 Å². The molecular weight excluding hydrogens is 144 g/mol. The summed E-state index contributed by atoms with van der Waals surface area (Å²) in [5.74, 6) is -0.0967. The van der Waals surface area contributed by atoms with Crippen LogP contribution in [0.4, 0.5) is 0 Å². The number of nitrogens with zero attached hydrogens (tertiary/aromatic N) is 4. The van der Waals surface area contributed by atoms with Crippen LogP contribution in [0.25, 0.3) is 0 Å². The molecule has 1 aromatic rings.